The van der Waals surface area contributed by atoms with Gasteiger partial charge in [0, 0.05) is 36.6 Å². The molecule has 2 aromatic rings. The lowest BCUT2D eigenvalue weighted by Gasteiger charge is -2.18. The molecule has 2 aliphatic heterocycles. The van der Waals surface area contributed by atoms with Gasteiger partial charge in [-0.2, -0.15) is 0 Å². The van der Waals surface area contributed by atoms with E-state index in [4.69, 9.17) is 9.47 Å². The zero-order chi connectivity index (χ0) is 21.6. The number of esters is 1. The summed E-state index contributed by atoms with van der Waals surface area (Å²) in [5.74, 6) is -0.544. The maximum Gasteiger partial charge on any atom is 0.344 e. The summed E-state index contributed by atoms with van der Waals surface area (Å²) in [6.45, 7) is 1.44. The highest BCUT2D eigenvalue weighted by atomic mass is 16.6. The van der Waals surface area contributed by atoms with Crippen molar-refractivity contribution in [2.45, 2.75) is 25.7 Å². The van der Waals surface area contributed by atoms with Crippen LogP contribution in [-0.2, 0) is 25.5 Å². The molecule has 2 N–H and O–H groups in total. The molecular weight excluding hydrogens is 398 g/mol. The molecule has 8 heteroatoms. The van der Waals surface area contributed by atoms with Crippen molar-refractivity contribution < 1.29 is 23.9 Å². The largest absolute Gasteiger partial charge is 0.482 e. The van der Waals surface area contributed by atoms with Gasteiger partial charge < -0.3 is 25.0 Å². The molecule has 0 radical (unpaired) electrons. The second-order valence-corrected chi connectivity index (χ2v) is 7.61. The lowest BCUT2D eigenvalue weighted by molar-refractivity contribution is -0.149. The normalized spacial score (nSPS) is 15.1. The van der Waals surface area contributed by atoms with E-state index >= 15 is 0 Å². The number of carbonyl (C=O) groups excluding carboxylic acids is 3. The van der Waals surface area contributed by atoms with Crippen LogP contribution in [0.2, 0.25) is 0 Å². The monoisotopic (exact) mass is 423 g/mol. The molecule has 2 aliphatic rings. The molecule has 1 saturated heterocycles. The fourth-order valence-corrected chi connectivity index (χ4v) is 3.71. The molecule has 0 bridgehead atoms. The van der Waals surface area contributed by atoms with Gasteiger partial charge in [-0.05, 0) is 67.3 Å². The number of hydrogen-bond donors (Lipinski definition) is 2. The minimum atomic E-state index is -0.634. The number of benzene rings is 2. The number of rotatable bonds is 7. The van der Waals surface area contributed by atoms with Gasteiger partial charge in [0.15, 0.2) is 13.2 Å². The van der Waals surface area contributed by atoms with E-state index in [0.717, 1.165) is 30.0 Å². The predicted octanol–water partition coefficient (Wildman–Crippen LogP) is 2.73. The number of aryl methyl sites for hydroxylation is 1. The van der Waals surface area contributed by atoms with Crippen LogP contribution in [0.3, 0.4) is 0 Å². The fraction of sp³-hybridized carbons (Fsp3) is 0.348. The van der Waals surface area contributed by atoms with E-state index in [2.05, 4.69) is 15.5 Å². The Morgan fingerprint density at radius 2 is 1.77 bits per heavy atom. The Morgan fingerprint density at radius 3 is 2.55 bits per heavy atom. The van der Waals surface area contributed by atoms with E-state index < -0.39 is 11.9 Å². The van der Waals surface area contributed by atoms with Crippen LogP contribution in [0.5, 0.6) is 5.75 Å². The number of amides is 2. The van der Waals surface area contributed by atoms with Crippen LogP contribution in [-0.4, -0.2) is 44.1 Å². The van der Waals surface area contributed by atoms with Gasteiger partial charge in [-0.25, -0.2) is 4.79 Å². The van der Waals surface area contributed by atoms with Crippen LogP contribution in [0.25, 0.3) is 0 Å². The Bertz CT molecular complexity index is 968. The van der Waals surface area contributed by atoms with Crippen molar-refractivity contribution >= 4 is 34.8 Å². The average molecular weight is 423 g/mol. The van der Waals surface area contributed by atoms with E-state index in [9.17, 15) is 14.4 Å². The van der Waals surface area contributed by atoms with Crippen LogP contribution in [0.15, 0.2) is 42.5 Å². The average Bonchev–Trinajstić information content (AvgIpc) is 3.32. The van der Waals surface area contributed by atoms with E-state index in [-0.39, 0.29) is 19.1 Å². The maximum atomic E-state index is 12.0. The van der Waals surface area contributed by atoms with Gasteiger partial charge in [-0.1, -0.05) is 0 Å². The molecule has 4 rings (SSSR count). The molecule has 2 aromatic carbocycles. The first-order chi connectivity index (χ1) is 15.1. The molecule has 0 aliphatic carbocycles. The van der Waals surface area contributed by atoms with E-state index in [1.54, 1.807) is 18.2 Å². The summed E-state index contributed by atoms with van der Waals surface area (Å²) < 4.78 is 10.4. The van der Waals surface area contributed by atoms with Crippen molar-refractivity contribution in [1.82, 2.24) is 0 Å². The van der Waals surface area contributed by atoms with Crippen molar-refractivity contribution in [3.8, 4) is 5.75 Å². The van der Waals surface area contributed by atoms with Gasteiger partial charge in [-0.3, -0.25) is 9.59 Å². The minimum absolute atomic E-state index is 0.00874. The molecule has 0 aromatic heterocycles. The van der Waals surface area contributed by atoms with Crippen molar-refractivity contribution in [1.29, 1.82) is 0 Å². The standard InChI is InChI=1S/C23H25N3O5/c27-21-10-3-16-13-19(8-9-20(16)25-21)30-15-23(29)31-14-22(28)24-17-4-6-18(7-5-17)26-11-1-2-12-26/h4-9,13H,1-3,10-12,14-15H2,(H,24,28)(H,25,27). The van der Waals surface area contributed by atoms with Crippen molar-refractivity contribution in [3.05, 3.63) is 48.0 Å². The summed E-state index contributed by atoms with van der Waals surface area (Å²) in [4.78, 5) is 37.7. The summed E-state index contributed by atoms with van der Waals surface area (Å²) >= 11 is 0. The first-order valence-corrected chi connectivity index (χ1v) is 10.4. The summed E-state index contributed by atoms with van der Waals surface area (Å²) in [6.07, 6.45) is 3.47. The van der Waals surface area contributed by atoms with Crippen LogP contribution in [0, 0.1) is 0 Å². The summed E-state index contributed by atoms with van der Waals surface area (Å²) in [5, 5.41) is 5.51. The molecular formula is C23H25N3O5. The Labute approximate surface area is 180 Å². The molecule has 0 saturated carbocycles. The van der Waals surface area contributed by atoms with Gasteiger partial charge in [0.1, 0.15) is 5.75 Å². The lowest BCUT2D eigenvalue weighted by atomic mass is 10.0. The van der Waals surface area contributed by atoms with Gasteiger partial charge in [0.05, 0.1) is 0 Å². The van der Waals surface area contributed by atoms with Gasteiger partial charge >= 0.3 is 5.97 Å². The molecule has 1 fully saturated rings. The first kappa shape index (κ1) is 20.7. The number of anilines is 3. The molecule has 0 unspecified atom stereocenters. The number of fused-ring (bicyclic) bond motifs is 1. The second kappa shape index (κ2) is 9.51. The number of nitrogens with zero attached hydrogens (tertiary/aromatic N) is 1. The van der Waals surface area contributed by atoms with Gasteiger partial charge in [0.2, 0.25) is 5.91 Å². The van der Waals surface area contributed by atoms with Crippen molar-refractivity contribution in [2.24, 2.45) is 0 Å². The SMILES string of the molecule is O=C(COC(=O)COc1ccc2c(c1)CCC(=O)N2)Nc1ccc(N2CCCC2)cc1. The number of hydrogen-bond acceptors (Lipinski definition) is 6. The first-order valence-electron chi connectivity index (χ1n) is 10.4. The molecule has 0 atom stereocenters. The third kappa shape index (κ3) is 5.53. The number of carbonyl (C=O) groups is 3. The molecule has 2 amide bonds. The summed E-state index contributed by atoms with van der Waals surface area (Å²) in [5.41, 5.74) is 3.52. The van der Waals surface area contributed by atoms with Crippen LogP contribution in [0.1, 0.15) is 24.8 Å². The minimum Gasteiger partial charge on any atom is -0.482 e. The van der Waals surface area contributed by atoms with Crippen LogP contribution in [0.4, 0.5) is 17.1 Å². The Hall–Kier alpha value is -3.55. The highest BCUT2D eigenvalue weighted by molar-refractivity contribution is 5.94. The number of ether oxygens (including phenoxy) is 2. The molecule has 0 spiro atoms. The van der Waals surface area contributed by atoms with Crippen LogP contribution < -0.4 is 20.3 Å². The maximum absolute atomic E-state index is 12.0. The highest BCUT2D eigenvalue weighted by Gasteiger charge is 2.16. The zero-order valence-corrected chi connectivity index (χ0v) is 17.2. The number of nitrogens with one attached hydrogen (secondary N) is 2. The van der Waals surface area contributed by atoms with Crippen LogP contribution >= 0.6 is 0 Å². The van der Waals surface area contributed by atoms with E-state index in [0.29, 0.717) is 24.3 Å². The zero-order valence-electron chi connectivity index (χ0n) is 17.2. The van der Waals surface area contributed by atoms with E-state index in [1.165, 1.54) is 12.8 Å². The second-order valence-electron chi connectivity index (χ2n) is 7.61. The topological polar surface area (TPSA) is 97.0 Å². The highest BCUT2D eigenvalue weighted by Crippen LogP contribution is 2.27. The fourth-order valence-electron chi connectivity index (χ4n) is 3.71. The molecule has 162 valence electrons. The molecule has 8 nitrogen and oxygen atoms in total. The van der Waals surface area contributed by atoms with Gasteiger partial charge in [0.25, 0.3) is 5.91 Å². The Kier molecular flexibility index (Phi) is 6.35. The summed E-state index contributed by atoms with van der Waals surface area (Å²) in [6, 6.07) is 12.9. The van der Waals surface area contributed by atoms with Crippen molar-refractivity contribution in [2.75, 3.05) is 41.8 Å². The summed E-state index contributed by atoms with van der Waals surface area (Å²) in [7, 11) is 0. The Morgan fingerprint density at radius 1 is 1.00 bits per heavy atom. The third-order valence-electron chi connectivity index (χ3n) is 5.32. The molecule has 31 heavy (non-hydrogen) atoms. The van der Waals surface area contributed by atoms with Crippen molar-refractivity contribution in [3.63, 3.8) is 0 Å². The third-order valence-corrected chi connectivity index (χ3v) is 5.32. The van der Waals surface area contributed by atoms with Gasteiger partial charge in [-0.15, -0.1) is 0 Å². The Balaban J connectivity index is 1.19. The van der Waals surface area contributed by atoms with E-state index in [1.807, 2.05) is 24.3 Å². The lowest BCUT2D eigenvalue weighted by Crippen LogP contribution is -2.24. The quantitative estimate of drug-likeness (QED) is 0.665. The molecule has 2 heterocycles. The predicted molar refractivity (Wildman–Crippen MR) is 116 cm³/mol. The smallest absolute Gasteiger partial charge is 0.344 e.